The van der Waals surface area contributed by atoms with Crippen LogP contribution in [0, 0.1) is 24.0 Å². The molecule has 0 saturated carbocycles. The summed E-state index contributed by atoms with van der Waals surface area (Å²) >= 11 is 0. The molecule has 0 fully saturated rings. The first-order chi connectivity index (χ1) is 11.0. The van der Waals surface area contributed by atoms with Crippen molar-refractivity contribution in [1.29, 1.82) is 0 Å². The second-order valence-electron chi connectivity index (χ2n) is 5.59. The van der Waals surface area contributed by atoms with Gasteiger partial charge in [0.15, 0.2) is 5.78 Å². The molecule has 3 rings (SSSR count). The number of rotatable bonds is 2. The highest BCUT2D eigenvalue weighted by Gasteiger charge is 2.25. The summed E-state index contributed by atoms with van der Waals surface area (Å²) in [5.74, 6) is 0.513. The molecule has 0 atom stereocenters. The van der Waals surface area contributed by atoms with Gasteiger partial charge in [0.2, 0.25) is 0 Å². The van der Waals surface area contributed by atoms with Gasteiger partial charge >= 0.3 is 0 Å². The highest BCUT2D eigenvalue weighted by molar-refractivity contribution is 6.14. The number of non-ortho nitro benzene ring substituents is 1. The lowest BCUT2D eigenvalue weighted by Gasteiger charge is -2.21. The quantitative estimate of drug-likeness (QED) is 0.479. The number of carbonyl (C=O) groups excluding carboxylic acids is 1. The number of hydrogen-bond acceptors (Lipinski definition) is 4. The first-order valence-electron chi connectivity index (χ1n) is 7.19. The first-order valence-corrected chi connectivity index (χ1v) is 7.19. The van der Waals surface area contributed by atoms with Crippen molar-refractivity contribution in [2.75, 3.05) is 6.61 Å². The molecule has 2 aromatic rings. The largest absolute Gasteiger partial charge is 0.488 e. The van der Waals surface area contributed by atoms with Crippen molar-refractivity contribution in [3.63, 3.8) is 0 Å². The molecule has 116 valence electrons. The highest BCUT2D eigenvalue weighted by Crippen LogP contribution is 2.32. The van der Waals surface area contributed by atoms with Crippen molar-refractivity contribution in [2.24, 2.45) is 0 Å². The summed E-state index contributed by atoms with van der Waals surface area (Å²) in [7, 11) is 0. The van der Waals surface area contributed by atoms with Gasteiger partial charge < -0.3 is 4.74 Å². The van der Waals surface area contributed by atoms with Gasteiger partial charge in [-0.1, -0.05) is 18.2 Å². The summed E-state index contributed by atoms with van der Waals surface area (Å²) in [4.78, 5) is 23.1. The van der Waals surface area contributed by atoms with E-state index in [1.807, 2.05) is 26.0 Å². The minimum absolute atomic E-state index is 0.00395. The van der Waals surface area contributed by atoms with Gasteiger partial charge in [-0.2, -0.15) is 0 Å². The van der Waals surface area contributed by atoms with Crippen LogP contribution in [0.1, 0.15) is 27.0 Å². The van der Waals surface area contributed by atoms with Crippen molar-refractivity contribution in [1.82, 2.24) is 0 Å². The molecule has 1 aliphatic heterocycles. The second kappa shape index (κ2) is 5.68. The van der Waals surface area contributed by atoms with E-state index in [4.69, 9.17) is 4.74 Å². The average molecular weight is 309 g/mol. The molecular weight excluding hydrogens is 294 g/mol. The van der Waals surface area contributed by atoms with E-state index in [1.165, 1.54) is 12.1 Å². The summed E-state index contributed by atoms with van der Waals surface area (Å²) < 4.78 is 5.70. The monoisotopic (exact) mass is 309 g/mol. The molecule has 1 heterocycles. The van der Waals surface area contributed by atoms with E-state index < -0.39 is 4.92 Å². The Labute approximate surface area is 133 Å². The minimum atomic E-state index is -0.455. The van der Waals surface area contributed by atoms with Crippen molar-refractivity contribution in [3.8, 4) is 5.75 Å². The fourth-order valence-corrected chi connectivity index (χ4v) is 2.75. The Bertz CT molecular complexity index is 852. The van der Waals surface area contributed by atoms with Crippen LogP contribution in [0.4, 0.5) is 5.69 Å². The van der Waals surface area contributed by atoms with Crippen LogP contribution in [-0.4, -0.2) is 17.3 Å². The zero-order valence-electron chi connectivity index (χ0n) is 12.8. The van der Waals surface area contributed by atoms with Crippen LogP contribution in [0.2, 0.25) is 0 Å². The first kappa shape index (κ1) is 15.0. The molecule has 1 aliphatic rings. The summed E-state index contributed by atoms with van der Waals surface area (Å²) in [6.07, 6.45) is 1.65. The van der Waals surface area contributed by atoms with Gasteiger partial charge in [-0.15, -0.1) is 0 Å². The molecule has 0 spiro atoms. The molecule has 0 aliphatic carbocycles. The van der Waals surface area contributed by atoms with E-state index >= 15 is 0 Å². The van der Waals surface area contributed by atoms with Crippen molar-refractivity contribution >= 4 is 17.5 Å². The molecule has 0 N–H and O–H groups in total. The number of aryl methyl sites for hydroxylation is 2. The lowest BCUT2D eigenvalue weighted by molar-refractivity contribution is -0.384. The van der Waals surface area contributed by atoms with Crippen LogP contribution in [0.5, 0.6) is 5.75 Å². The molecule has 0 unspecified atom stereocenters. The molecule has 23 heavy (non-hydrogen) atoms. The summed E-state index contributed by atoms with van der Waals surface area (Å²) in [6.45, 7) is 4.00. The standard InChI is InChI=1S/C18H15NO4/c1-11-6-12(2)17-16(7-11)23-10-14(18(17)20)8-13-4-3-5-15(9-13)19(21)22/h3-9H,10H2,1-2H3/b14-8+. The van der Waals surface area contributed by atoms with E-state index in [0.29, 0.717) is 22.4 Å². The van der Waals surface area contributed by atoms with Gasteiger partial charge in [-0.25, -0.2) is 0 Å². The molecule has 0 bridgehead atoms. The summed E-state index contributed by atoms with van der Waals surface area (Å²) in [5.41, 5.74) is 3.58. The number of benzene rings is 2. The average Bonchev–Trinajstić information content (AvgIpc) is 2.49. The Morgan fingerprint density at radius 1 is 1.22 bits per heavy atom. The Morgan fingerprint density at radius 3 is 2.74 bits per heavy atom. The van der Waals surface area contributed by atoms with E-state index in [1.54, 1.807) is 18.2 Å². The maximum atomic E-state index is 12.7. The lowest BCUT2D eigenvalue weighted by Crippen LogP contribution is -2.20. The topological polar surface area (TPSA) is 69.4 Å². The Balaban J connectivity index is 2.01. The number of hydrogen-bond donors (Lipinski definition) is 0. The normalized spacial score (nSPS) is 15.2. The van der Waals surface area contributed by atoms with E-state index in [9.17, 15) is 14.9 Å². The van der Waals surface area contributed by atoms with Crippen LogP contribution in [0.15, 0.2) is 42.0 Å². The predicted molar refractivity (Wildman–Crippen MR) is 86.8 cm³/mol. The van der Waals surface area contributed by atoms with Crippen molar-refractivity contribution in [3.05, 3.63) is 74.3 Å². The number of fused-ring (bicyclic) bond motifs is 1. The molecule has 5 nitrogen and oxygen atoms in total. The van der Waals surface area contributed by atoms with Crippen molar-refractivity contribution in [2.45, 2.75) is 13.8 Å². The lowest BCUT2D eigenvalue weighted by atomic mass is 9.93. The van der Waals surface area contributed by atoms with Gasteiger partial charge in [0.25, 0.3) is 5.69 Å². The SMILES string of the molecule is Cc1cc(C)c2c(c1)OC/C(=C\c1cccc([N+](=O)[O-])c1)C2=O. The van der Waals surface area contributed by atoms with Gasteiger partial charge in [0, 0.05) is 17.7 Å². The predicted octanol–water partition coefficient (Wildman–Crippen LogP) is 3.87. The summed E-state index contributed by atoms with van der Waals surface area (Å²) in [6, 6.07) is 9.98. The fourth-order valence-electron chi connectivity index (χ4n) is 2.75. The molecule has 0 saturated heterocycles. The van der Waals surface area contributed by atoms with Crippen LogP contribution >= 0.6 is 0 Å². The van der Waals surface area contributed by atoms with Crippen LogP contribution in [0.3, 0.4) is 0 Å². The minimum Gasteiger partial charge on any atom is -0.488 e. The third kappa shape index (κ3) is 2.85. The Hall–Kier alpha value is -2.95. The molecule has 0 aromatic heterocycles. The maximum absolute atomic E-state index is 12.7. The van der Waals surface area contributed by atoms with Crippen LogP contribution in [-0.2, 0) is 0 Å². The second-order valence-corrected chi connectivity index (χ2v) is 5.59. The number of nitrogens with zero attached hydrogens (tertiary/aromatic N) is 1. The molecule has 2 aromatic carbocycles. The van der Waals surface area contributed by atoms with Gasteiger partial charge in [0.1, 0.15) is 12.4 Å². The third-order valence-corrected chi connectivity index (χ3v) is 3.77. The number of Topliss-reactive ketones (excluding diaryl/α,β-unsaturated/α-hetero) is 1. The molecule has 0 amide bonds. The molecular formula is C18H15NO4. The number of ether oxygens (including phenoxy) is 1. The number of nitro groups is 1. The summed E-state index contributed by atoms with van der Waals surface area (Å²) in [5, 5.41) is 10.8. The fraction of sp³-hybridized carbons (Fsp3) is 0.167. The number of carbonyl (C=O) groups is 1. The maximum Gasteiger partial charge on any atom is 0.270 e. The highest BCUT2D eigenvalue weighted by atomic mass is 16.6. The smallest absolute Gasteiger partial charge is 0.270 e. The van der Waals surface area contributed by atoms with E-state index in [-0.39, 0.29) is 18.1 Å². The van der Waals surface area contributed by atoms with E-state index in [0.717, 1.165) is 11.1 Å². The number of nitro benzene ring substituents is 1. The van der Waals surface area contributed by atoms with Crippen molar-refractivity contribution < 1.29 is 14.5 Å². The van der Waals surface area contributed by atoms with Crippen LogP contribution in [0.25, 0.3) is 6.08 Å². The Morgan fingerprint density at radius 2 is 2.00 bits per heavy atom. The molecule has 5 heteroatoms. The van der Waals surface area contributed by atoms with E-state index in [2.05, 4.69) is 0 Å². The third-order valence-electron chi connectivity index (χ3n) is 3.77. The number of ketones is 1. The zero-order valence-corrected chi connectivity index (χ0v) is 12.8. The van der Waals surface area contributed by atoms with Crippen LogP contribution < -0.4 is 4.74 Å². The Kier molecular flexibility index (Phi) is 3.70. The van der Waals surface area contributed by atoms with Gasteiger partial charge in [-0.3, -0.25) is 14.9 Å². The molecule has 0 radical (unpaired) electrons. The van der Waals surface area contributed by atoms with Gasteiger partial charge in [-0.05, 0) is 42.7 Å². The van der Waals surface area contributed by atoms with Gasteiger partial charge in [0.05, 0.1) is 10.5 Å². The zero-order chi connectivity index (χ0) is 16.6.